The Labute approximate surface area is 110 Å². The lowest BCUT2D eigenvalue weighted by atomic mass is 10.1. The van der Waals surface area contributed by atoms with Gasteiger partial charge in [0.15, 0.2) is 5.69 Å². The molecule has 2 aromatic heterocycles. The van der Waals surface area contributed by atoms with E-state index < -0.39 is 0 Å². The Kier molecular flexibility index (Phi) is 2.09. The van der Waals surface area contributed by atoms with Gasteiger partial charge in [-0.1, -0.05) is 0 Å². The number of hydrogen-bond donors (Lipinski definition) is 3. The van der Waals surface area contributed by atoms with E-state index in [0.717, 1.165) is 29.4 Å². The average molecular weight is 257 g/mol. The van der Waals surface area contributed by atoms with Gasteiger partial charge in [-0.2, -0.15) is 5.10 Å². The highest BCUT2D eigenvalue weighted by molar-refractivity contribution is 5.94. The third-order valence-electron chi connectivity index (χ3n) is 4.05. The highest BCUT2D eigenvalue weighted by Crippen LogP contribution is 2.55. The van der Waals surface area contributed by atoms with Crippen LogP contribution in [0.1, 0.15) is 45.6 Å². The van der Waals surface area contributed by atoms with Crippen molar-refractivity contribution in [2.24, 2.45) is 5.92 Å². The lowest BCUT2D eigenvalue weighted by Gasteiger charge is -2.02. The SMILES string of the molecule is Cc1cnc(CNC(=O)c2n[nH]c3c2C[C@H]2C[C@@H]32)[nH]1. The van der Waals surface area contributed by atoms with Crippen molar-refractivity contribution in [1.82, 2.24) is 25.5 Å². The predicted molar refractivity (Wildman–Crippen MR) is 67.6 cm³/mol. The van der Waals surface area contributed by atoms with Crippen LogP contribution in [-0.2, 0) is 13.0 Å². The highest BCUT2D eigenvalue weighted by atomic mass is 16.1. The summed E-state index contributed by atoms with van der Waals surface area (Å²) in [6.45, 7) is 2.34. The molecule has 2 aliphatic rings. The number of aromatic amines is 2. The fraction of sp³-hybridized carbons (Fsp3) is 0.462. The molecule has 6 heteroatoms. The maximum Gasteiger partial charge on any atom is 0.272 e. The summed E-state index contributed by atoms with van der Waals surface area (Å²) in [7, 11) is 0. The van der Waals surface area contributed by atoms with Crippen LogP contribution in [0.2, 0.25) is 0 Å². The van der Waals surface area contributed by atoms with Gasteiger partial charge in [-0.25, -0.2) is 4.98 Å². The number of carbonyl (C=O) groups is 1. The van der Waals surface area contributed by atoms with Crippen LogP contribution in [0.4, 0.5) is 0 Å². The van der Waals surface area contributed by atoms with E-state index in [4.69, 9.17) is 0 Å². The second-order valence-electron chi connectivity index (χ2n) is 5.47. The number of fused-ring (bicyclic) bond motifs is 3. The summed E-state index contributed by atoms with van der Waals surface area (Å²) in [5, 5.41) is 10.1. The second-order valence-corrected chi connectivity index (χ2v) is 5.47. The summed E-state index contributed by atoms with van der Waals surface area (Å²) in [6.07, 6.45) is 4.00. The Balaban J connectivity index is 1.47. The third kappa shape index (κ3) is 1.67. The molecular weight excluding hydrogens is 242 g/mol. The van der Waals surface area contributed by atoms with Gasteiger partial charge in [0.25, 0.3) is 5.91 Å². The molecule has 0 aromatic carbocycles. The third-order valence-corrected chi connectivity index (χ3v) is 4.05. The summed E-state index contributed by atoms with van der Waals surface area (Å²) in [5.41, 5.74) is 3.86. The van der Waals surface area contributed by atoms with Crippen LogP contribution in [0.5, 0.6) is 0 Å². The largest absolute Gasteiger partial charge is 0.345 e. The van der Waals surface area contributed by atoms with Crippen LogP contribution in [0.3, 0.4) is 0 Å². The highest BCUT2D eigenvalue weighted by Gasteiger charge is 2.48. The van der Waals surface area contributed by atoms with E-state index in [2.05, 4.69) is 25.5 Å². The number of nitrogens with zero attached hydrogens (tertiary/aromatic N) is 2. The van der Waals surface area contributed by atoms with Crippen molar-refractivity contribution >= 4 is 5.91 Å². The van der Waals surface area contributed by atoms with Gasteiger partial charge in [-0.05, 0) is 25.7 Å². The van der Waals surface area contributed by atoms with Crippen LogP contribution >= 0.6 is 0 Å². The standard InChI is InChI=1S/C13H15N5O/c1-6-4-14-10(16-6)5-15-13(19)12-9-3-7-2-8(7)11(9)17-18-12/h4,7-8H,2-3,5H2,1H3,(H,14,16)(H,15,19)(H,17,18)/t7-,8-/m1/s1. The molecule has 1 saturated carbocycles. The summed E-state index contributed by atoms with van der Waals surface area (Å²) in [5.74, 6) is 2.04. The molecule has 0 spiro atoms. The van der Waals surface area contributed by atoms with Crippen LogP contribution < -0.4 is 5.32 Å². The number of aryl methyl sites for hydroxylation is 1. The van der Waals surface area contributed by atoms with Crippen molar-refractivity contribution in [2.75, 3.05) is 0 Å². The van der Waals surface area contributed by atoms with Crippen molar-refractivity contribution < 1.29 is 4.79 Å². The van der Waals surface area contributed by atoms with Gasteiger partial charge >= 0.3 is 0 Å². The average Bonchev–Trinajstić information content (AvgIpc) is 2.78. The zero-order valence-corrected chi connectivity index (χ0v) is 10.7. The van der Waals surface area contributed by atoms with Crippen LogP contribution in [-0.4, -0.2) is 26.1 Å². The topological polar surface area (TPSA) is 86.5 Å². The van der Waals surface area contributed by atoms with Gasteiger partial charge in [-0.15, -0.1) is 0 Å². The summed E-state index contributed by atoms with van der Waals surface area (Å²) in [4.78, 5) is 19.4. The van der Waals surface area contributed by atoms with Crippen molar-refractivity contribution in [1.29, 1.82) is 0 Å². The molecular formula is C13H15N5O. The van der Waals surface area contributed by atoms with Crippen LogP contribution in [0.15, 0.2) is 6.20 Å². The molecule has 2 aliphatic carbocycles. The summed E-state index contributed by atoms with van der Waals surface area (Å²) >= 11 is 0. The van der Waals surface area contributed by atoms with E-state index >= 15 is 0 Å². The lowest BCUT2D eigenvalue weighted by molar-refractivity contribution is 0.0944. The predicted octanol–water partition coefficient (Wildman–Crippen LogP) is 1.03. The van der Waals surface area contributed by atoms with E-state index in [1.807, 2.05) is 6.92 Å². The number of hydrogen-bond acceptors (Lipinski definition) is 3. The van der Waals surface area contributed by atoms with Gasteiger partial charge in [-0.3, -0.25) is 9.89 Å². The van der Waals surface area contributed by atoms with Crippen molar-refractivity contribution in [3.63, 3.8) is 0 Å². The lowest BCUT2D eigenvalue weighted by Crippen LogP contribution is -2.24. The fourth-order valence-corrected chi connectivity index (χ4v) is 2.97. The first-order valence-corrected chi connectivity index (χ1v) is 6.58. The quantitative estimate of drug-likeness (QED) is 0.767. The molecule has 0 radical (unpaired) electrons. The van der Waals surface area contributed by atoms with Gasteiger partial charge in [0.1, 0.15) is 5.82 Å². The molecule has 19 heavy (non-hydrogen) atoms. The van der Waals surface area contributed by atoms with E-state index in [-0.39, 0.29) is 5.91 Å². The molecule has 2 atom stereocenters. The molecule has 4 rings (SSSR count). The number of H-pyrrole nitrogens is 2. The Morgan fingerprint density at radius 3 is 3.26 bits per heavy atom. The van der Waals surface area contributed by atoms with Crippen molar-refractivity contribution in [3.05, 3.63) is 34.7 Å². The Morgan fingerprint density at radius 2 is 2.47 bits per heavy atom. The summed E-state index contributed by atoms with van der Waals surface area (Å²) < 4.78 is 0. The first-order valence-electron chi connectivity index (χ1n) is 6.58. The molecule has 1 amide bonds. The van der Waals surface area contributed by atoms with Crippen LogP contribution in [0.25, 0.3) is 0 Å². The Morgan fingerprint density at radius 1 is 1.58 bits per heavy atom. The molecule has 2 heterocycles. The van der Waals surface area contributed by atoms with Gasteiger partial charge < -0.3 is 10.3 Å². The Bertz CT molecular complexity index is 656. The zero-order chi connectivity index (χ0) is 13.0. The maximum atomic E-state index is 12.1. The van der Waals surface area contributed by atoms with Gasteiger partial charge in [0, 0.05) is 29.1 Å². The molecule has 0 saturated heterocycles. The second kappa shape index (κ2) is 3.69. The molecule has 98 valence electrons. The monoisotopic (exact) mass is 257 g/mol. The van der Waals surface area contributed by atoms with Gasteiger partial charge in [0.05, 0.1) is 6.54 Å². The normalized spacial score (nSPS) is 23.0. The first kappa shape index (κ1) is 10.8. The number of rotatable bonds is 3. The number of imidazole rings is 1. The molecule has 0 unspecified atom stereocenters. The number of carbonyl (C=O) groups excluding carboxylic acids is 1. The van der Waals surface area contributed by atoms with E-state index in [1.165, 1.54) is 12.1 Å². The zero-order valence-electron chi connectivity index (χ0n) is 10.7. The molecule has 0 bridgehead atoms. The molecule has 6 nitrogen and oxygen atoms in total. The molecule has 1 fully saturated rings. The first-order chi connectivity index (χ1) is 9.22. The van der Waals surface area contributed by atoms with E-state index in [9.17, 15) is 4.79 Å². The maximum absolute atomic E-state index is 12.1. The Hall–Kier alpha value is -2.11. The number of amides is 1. The van der Waals surface area contributed by atoms with Crippen molar-refractivity contribution in [2.45, 2.75) is 32.2 Å². The molecule has 2 aromatic rings. The summed E-state index contributed by atoms with van der Waals surface area (Å²) in [6, 6.07) is 0. The minimum absolute atomic E-state index is 0.118. The number of nitrogens with one attached hydrogen (secondary N) is 3. The molecule has 3 N–H and O–H groups in total. The van der Waals surface area contributed by atoms with Crippen LogP contribution in [0, 0.1) is 12.8 Å². The van der Waals surface area contributed by atoms with Gasteiger partial charge in [0.2, 0.25) is 0 Å². The van der Waals surface area contributed by atoms with E-state index in [0.29, 0.717) is 18.2 Å². The minimum Gasteiger partial charge on any atom is -0.345 e. The molecule has 0 aliphatic heterocycles. The van der Waals surface area contributed by atoms with E-state index in [1.54, 1.807) is 6.20 Å². The number of aromatic nitrogens is 4. The fourth-order valence-electron chi connectivity index (χ4n) is 2.97. The smallest absolute Gasteiger partial charge is 0.272 e. The van der Waals surface area contributed by atoms with Crippen molar-refractivity contribution in [3.8, 4) is 0 Å². The minimum atomic E-state index is -0.118.